The molecule has 54 valence electrons. The van der Waals surface area contributed by atoms with Gasteiger partial charge in [0.1, 0.15) is 0 Å². The molecule has 1 aromatic carbocycles. The smallest absolute Gasteiger partial charge is 0.0154 e. The van der Waals surface area contributed by atoms with Gasteiger partial charge < -0.3 is 0 Å². The first-order valence-electron chi connectivity index (χ1n) is 3.13. The molecule has 2 heteroatoms. The lowest BCUT2D eigenvalue weighted by Gasteiger charge is -2.00. The summed E-state index contributed by atoms with van der Waals surface area (Å²) in [5.41, 5.74) is 2.47. The number of thiol groups is 2. The summed E-state index contributed by atoms with van der Waals surface area (Å²) >= 11 is 8.43. The second kappa shape index (κ2) is 3.35. The molecule has 0 aliphatic carbocycles. The van der Waals surface area contributed by atoms with E-state index < -0.39 is 0 Å². The topological polar surface area (TPSA) is 0 Å². The predicted molar refractivity (Wildman–Crippen MR) is 51.1 cm³/mol. The van der Waals surface area contributed by atoms with Gasteiger partial charge in [0.15, 0.2) is 0 Å². The van der Waals surface area contributed by atoms with Crippen molar-refractivity contribution in [2.45, 2.75) is 17.6 Å². The zero-order valence-corrected chi connectivity index (χ0v) is 7.62. The van der Waals surface area contributed by atoms with Crippen LogP contribution < -0.4 is 0 Å². The number of hydrogen-bond donors (Lipinski definition) is 2. The van der Waals surface area contributed by atoms with Gasteiger partial charge in [-0.2, -0.15) is 12.6 Å². The van der Waals surface area contributed by atoms with E-state index in [1.54, 1.807) is 0 Å². The van der Waals surface area contributed by atoms with Crippen LogP contribution in [0.4, 0.5) is 0 Å². The molecule has 1 rings (SSSR count). The van der Waals surface area contributed by atoms with Crippen molar-refractivity contribution in [1.82, 2.24) is 0 Å². The van der Waals surface area contributed by atoms with E-state index in [-0.39, 0.29) is 0 Å². The van der Waals surface area contributed by atoms with Crippen molar-refractivity contribution < 1.29 is 0 Å². The molecule has 0 fully saturated rings. The van der Waals surface area contributed by atoms with Gasteiger partial charge in [0.2, 0.25) is 0 Å². The third-order valence-corrected chi connectivity index (χ3v) is 2.31. The molecule has 1 aromatic rings. The standard InChI is InChI=1S/C8H10S2/c1-6-4-7(5-9)2-3-8(6)10/h2-4,9-10H,5H2,1H3. The predicted octanol–water partition coefficient (Wildman–Crippen LogP) is 2.71. The second-order valence-electron chi connectivity index (χ2n) is 2.28. The Morgan fingerprint density at radius 1 is 1.40 bits per heavy atom. The monoisotopic (exact) mass is 170 g/mol. The average Bonchev–Trinajstić information content (AvgIpc) is 1.95. The molecular formula is C8H10S2. The van der Waals surface area contributed by atoms with Crippen molar-refractivity contribution in [2.24, 2.45) is 0 Å². The van der Waals surface area contributed by atoms with Crippen LogP contribution in [0.3, 0.4) is 0 Å². The normalized spacial score (nSPS) is 9.90. The first-order valence-corrected chi connectivity index (χ1v) is 4.21. The van der Waals surface area contributed by atoms with Crippen LogP contribution in [0.25, 0.3) is 0 Å². The quantitative estimate of drug-likeness (QED) is 0.595. The van der Waals surface area contributed by atoms with Crippen LogP contribution in [0.15, 0.2) is 23.1 Å². The Morgan fingerprint density at radius 3 is 2.60 bits per heavy atom. The summed E-state index contributed by atoms with van der Waals surface area (Å²) in [6, 6.07) is 6.15. The Hall–Kier alpha value is -0.0800. The van der Waals surface area contributed by atoms with Crippen molar-refractivity contribution in [3.05, 3.63) is 29.3 Å². The number of hydrogen-bond acceptors (Lipinski definition) is 2. The molecule has 0 aliphatic rings. The van der Waals surface area contributed by atoms with E-state index >= 15 is 0 Å². The van der Waals surface area contributed by atoms with E-state index in [4.69, 9.17) is 0 Å². The van der Waals surface area contributed by atoms with Crippen LogP contribution in [-0.4, -0.2) is 0 Å². The molecule has 0 nitrogen and oxygen atoms in total. The summed E-state index contributed by atoms with van der Waals surface area (Å²) in [5.74, 6) is 0.800. The minimum atomic E-state index is 0.800. The molecule has 0 aliphatic heterocycles. The molecule has 0 spiro atoms. The Labute approximate surface area is 72.5 Å². The molecule has 0 saturated heterocycles. The average molecular weight is 170 g/mol. The van der Waals surface area contributed by atoms with Gasteiger partial charge in [0.05, 0.1) is 0 Å². The van der Waals surface area contributed by atoms with Gasteiger partial charge in [-0.3, -0.25) is 0 Å². The van der Waals surface area contributed by atoms with E-state index in [2.05, 4.69) is 38.2 Å². The van der Waals surface area contributed by atoms with Crippen LogP contribution in [0.5, 0.6) is 0 Å². The van der Waals surface area contributed by atoms with E-state index in [1.165, 1.54) is 11.1 Å². The summed E-state index contributed by atoms with van der Waals surface area (Å²) in [4.78, 5) is 1.05. The third-order valence-electron chi connectivity index (χ3n) is 1.44. The maximum absolute atomic E-state index is 4.26. The van der Waals surface area contributed by atoms with Gasteiger partial charge in [-0.05, 0) is 24.1 Å². The maximum Gasteiger partial charge on any atom is 0.0154 e. The van der Waals surface area contributed by atoms with Gasteiger partial charge >= 0.3 is 0 Å². The third kappa shape index (κ3) is 1.70. The fraction of sp³-hybridized carbons (Fsp3) is 0.250. The van der Waals surface area contributed by atoms with E-state index in [0.717, 1.165) is 10.6 Å². The Kier molecular flexibility index (Phi) is 2.69. The zero-order valence-electron chi connectivity index (χ0n) is 5.83. The number of aryl methyl sites for hydroxylation is 1. The minimum absolute atomic E-state index is 0.800. The molecule has 0 atom stereocenters. The number of rotatable bonds is 1. The van der Waals surface area contributed by atoms with Crippen molar-refractivity contribution in [2.75, 3.05) is 0 Å². The molecule has 0 aromatic heterocycles. The molecule has 10 heavy (non-hydrogen) atoms. The van der Waals surface area contributed by atoms with Crippen molar-refractivity contribution in [3.63, 3.8) is 0 Å². The molecule has 0 amide bonds. The molecule has 0 radical (unpaired) electrons. The molecule has 0 unspecified atom stereocenters. The van der Waals surface area contributed by atoms with Crippen LogP contribution in [0.2, 0.25) is 0 Å². The fourth-order valence-corrected chi connectivity index (χ4v) is 1.15. The second-order valence-corrected chi connectivity index (χ2v) is 3.08. The van der Waals surface area contributed by atoms with Crippen LogP contribution in [-0.2, 0) is 5.75 Å². The summed E-state index contributed by atoms with van der Waals surface area (Å²) < 4.78 is 0. The summed E-state index contributed by atoms with van der Waals surface area (Å²) in [6.45, 7) is 2.05. The molecule has 0 N–H and O–H groups in total. The highest BCUT2D eigenvalue weighted by Gasteiger charge is 1.93. The maximum atomic E-state index is 4.26. The van der Waals surface area contributed by atoms with Crippen LogP contribution in [0, 0.1) is 6.92 Å². The van der Waals surface area contributed by atoms with Gasteiger partial charge in [0.25, 0.3) is 0 Å². The zero-order chi connectivity index (χ0) is 7.56. The van der Waals surface area contributed by atoms with E-state index in [1.807, 2.05) is 12.1 Å². The Balaban J connectivity index is 3.04. The van der Waals surface area contributed by atoms with E-state index in [9.17, 15) is 0 Å². The first kappa shape index (κ1) is 8.02. The minimum Gasteiger partial charge on any atom is -0.175 e. The van der Waals surface area contributed by atoms with Gasteiger partial charge in [-0.1, -0.05) is 12.1 Å². The van der Waals surface area contributed by atoms with E-state index in [0.29, 0.717) is 0 Å². The first-order chi connectivity index (χ1) is 4.74. The van der Waals surface area contributed by atoms with Gasteiger partial charge in [-0.25, -0.2) is 0 Å². The molecular weight excluding hydrogens is 160 g/mol. The van der Waals surface area contributed by atoms with Crippen LogP contribution >= 0.6 is 25.3 Å². The Morgan fingerprint density at radius 2 is 2.10 bits per heavy atom. The highest BCUT2D eigenvalue weighted by molar-refractivity contribution is 7.80. The lowest BCUT2D eigenvalue weighted by atomic mass is 10.2. The molecule has 0 heterocycles. The Bertz CT molecular complexity index is 231. The largest absolute Gasteiger partial charge is 0.175 e. The van der Waals surface area contributed by atoms with Crippen molar-refractivity contribution in [3.8, 4) is 0 Å². The van der Waals surface area contributed by atoms with Crippen LogP contribution in [0.1, 0.15) is 11.1 Å². The molecule has 0 saturated carbocycles. The summed E-state index contributed by atoms with van der Waals surface area (Å²) in [5, 5.41) is 0. The lowest BCUT2D eigenvalue weighted by Crippen LogP contribution is -1.80. The van der Waals surface area contributed by atoms with Gasteiger partial charge in [0, 0.05) is 10.6 Å². The molecule has 0 bridgehead atoms. The fourth-order valence-electron chi connectivity index (χ4n) is 0.816. The number of benzene rings is 1. The summed E-state index contributed by atoms with van der Waals surface area (Å²) in [7, 11) is 0. The van der Waals surface area contributed by atoms with Crippen molar-refractivity contribution >= 4 is 25.3 Å². The SMILES string of the molecule is Cc1cc(CS)ccc1S. The summed E-state index contributed by atoms with van der Waals surface area (Å²) in [6.07, 6.45) is 0. The highest BCUT2D eigenvalue weighted by atomic mass is 32.1. The van der Waals surface area contributed by atoms with Gasteiger partial charge in [-0.15, -0.1) is 12.6 Å². The highest BCUT2D eigenvalue weighted by Crippen LogP contribution is 2.15. The van der Waals surface area contributed by atoms with Crippen molar-refractivity contribution in [1.29, 1.82) is 0 Å². The lowest BCUT2D eigenvalue weighted by molar-refractivity contribution is 1.26.